The van der Waals surface area contributed by atoms with Crippen molar-refractivity contribution in [1.29, 1.82) is 0 Å². The number of benzene rings is 2. The number of unbranched alkanes of at least 4 members (excludes halogenated alkanes) is 3. The third-order valence-electron chi connectivity index (χ3n) is 5.42. The predicted octanol–water partition coefficient (Wildman–Crippen LogP) is 7.45. The normalized spacial score (nSPS) is 12.0. The Morgan fingerprint density at radius 2 is 1.42 bits per heavy atom. The van der Waals surface area contributed by atoms with Gasteiger partial charge >= 0.3 is 0 Å². The lowest BCUT2D eigenvalue weighted by Gasteiger charge is -2.11. The van der Waals surface area contributed by atoms with E-state index in [1.54, 1.807) is 0 Å². The number of aromatic nitrogens is 2. The summed E-state index contributed by atoms with van der Waals surface area (Å²) in [6, 6.07) is 16.2. The zero-order valence-electron chi connectivity index (χ0n) is 18.7. The van der Waals surface area contributed by atoms with Crippen molar-refractivity contribution in [2.45, 2.75) is 65.0 Å². The Hall–Kier alpha value is -2.75. The van der Waals surface area contributed by atoms with Crippen molar-refractivity contribution < 1.29 is 9.13 Å². The van der Waals surface area contributed by atoms with Crippen LogP contribution in [0.5, 0.6) is 5.75 Å². The van der Waals surface area contributed by atoms with Gasteiger partial charge in [-0.25, -0.2) is 14.4 Å². The number of hydrogen-bond donors (Lipinski definition) is 0. The van der Waals surface area contributed by atoms with Crippen LogP contribution in [0.15, 0.2) is 60.9 Å². The van der Waals surface area contributed by atoms with Gasteiger partial charge in [0.25, 0.3) is 0 Å². The van der Waals surface area contributed by atoms with E-state index in [0.717, 1.165) is 48.2 Å². The van der Waals surface area contributed by atoms with Crippen LogP contribution in [0.3, 0.4) is 0 Å². The van der Waals surface area contributed by atoms with E-state index in [4.69, 9.17) is 4.74 Å². The molecule has 0 spiro atoms. The van der Waals surface area contributed by atoms with Gasteiger partial charge in [0.1, 0.15) is 18.5 Å². The number of aryl methyl sites for hydroxylation is 1. The molecule has 1 heterocycles. The van der Waals surface area contributed by atoms with Gasteiger partial charge < -0.3 is 4.74 Å². The Morgan fingerprint density at radius 3 is 2.06 bits per heavy atom. The van der Waals surface area contributed by atoms with Crippen molar-refractivity contribution in [2.24, 2.45) is 0 Å². The van der Waals surface area contributed by atoms with E-state index < -0.39 is 6.17 Å². The molecule has 0 saturated heterocycles. The van der Waals surface area contributed by atoms with Crippen LogP contribution < -0.4 is 4.74 Å². The van der Waals surface area contributed by atoms with Gasteiger partial charge in [0, 0.05) is 23.5 Å². The molecule has 164 valence electrons. The largest absolute Gasteiger partial charge is 0.491 e. The second-order valence-corrected chi connectivity index (χ2v) is 8.02. The standard InChI is InChI=1S/C27H33FN2O/c1-3-5-7-9-25(28)20-31-26-16-14-22(15-17-26)24-18-29-27(30-19-24)23-12-10-21(11-13-23)8-6-4-2/h10-19,25H,3-9,20H2,1-2H3. The SMILES string of the molecule is CCCCCC(F)COc1ccc(-c2cnc(-c3ccc(CCCC)cc3)nc2)cc1. The fourth-order valence-electron chi connectivity index (χ4n) is 3.46. The molecule has 0 aliphatic rings. The van der Waals surface area contributed by atoms with Gasteiger partial charge in [-0.05, 0) is 42.5 Å². The minimum atomic E-state index is -0.909. The van der Waals surface area contributed by atoms with Crippen molar-refractivity contribution in [3.05, 3.63) is 66.5 Å². The van der Waals surface area contributed by atoms with E-state index in [2.05, 4.69) is 48.1 Å². The summed E-state index contributed by atoms with van der Waals surface area (Å²) in [5, 5.41) is 0. The van der Waals surface area contributed by atoms with Gasteiger partial charge in [0.05, 0.1) is 0 Å². The van der Waals surface area contributed by atoms with Crippen molar-refractivity contribution in [3.63, 3.8) is 0 Å². The molecular formula is C27H33FN2O. The van der Waals surface area contributed by atoms with E-state index in [9.17, 15) is 4.39 Å². The first-order valence-electron chi connectivity index (χ1n) is 11.5. The van der Waals surface area contributed by atoms with E-state index in [1.165, 1.54) is 18.4 Å². The number of halogens is 1. The second kappa shape index (κ2) is 12.2. The lowest BCUT2D eigenvalue weighted by atomic mass is 10.1. The average Bonchev–Trinajstić information content (AvgIpc) is 2.82. The first kappa shape index (κ1) is 22.9. The molecule has 31 heavy (non-hydrogen) atoms. The third-order valence-corrected chi connectivity index (χ3v) is 5.42. The van der Waals surface area contributed by atoms with Crippen LogP contribution in [0.2, 0.25) is 0 Å². The molecule has 3 aromatic rings. The molecule has 1 unspecified atom stereocenters. The van der Waals surface area contributed by atoms with E-state index >= 15 is 0 Å². The Bertz CT molecular complexity index is 892. The van der Waals surface area contributed by atoms with Crippen molar-refractivity contribution >= 4 is 0 Å². The molecule has 2 aromatic carbocycles. The summed E-state index contributed by atoms with van der Waals surface area (Å²) in [4.78, 5) is 9.09. The minimum absolute atomic E-state index is 0.109. The number of hydrogen-bond acceptors (Lipinski definition) is 3. The first-order chi connectivity index (χ1) is 15.2. The highest BCUT2D eigenvalue weighted by molar-refractivity contribution is 5.64. The Morgan fingerprint density at radius 1 is 0.774 bits per heavy atom. The van der Waals surface area contributed by atoms with Gasteiger partial charge in [0.15, 0.2) is 5.82 Å². The summed E-state index contributed by atoms with van der Waals surface area (Å²) in [6.45, 7) is 4.44. The summed E-state index contributed by atoms with van der Waals surface area (Å²) in [6.07, 6.45) is 9.95. The molecule has 0 amide bonds. The Kier molecular flexibility index (Phi) is 9.01. The minimum Gasteiger partial charge on any atom is -0.491 e. The fraction of sp³-hybridized carbons (Fsp3) is 0.407. The fourth-order valence-corrected chi connectivity index (χ4v) is 3.46. The van der Waals surface area contributed by atoms with E-state index in [-0.39, 0.29) is 6.61 Å². The highest BCUT2D eigenvalue weighted by atomic mass is 19.1. The summed E-state index contributed by atoms with van der Waals surface area (Å²) >= 11 is 0. The van der Waals surface area contributed by atoms with Crippen LogP contribution in [0, 0.1) is 0 Å². The van der Waals surface area contributed by atoms with E-state index in [0.29, 0.717) is 12.2 Å². The molecule has 3 rings (SSSR count). The highest BCUT2D eigenvalue weighted by Gasteiger charge is 2.08. The molecule has 3 nitrogen and oxygen atoms in total. The molecular weight excluding hydrogens is 387 g/mol. The quantitative estimate of drug-likeness (QED) is 0.285. The van der Waals surface area contributed by atoms with Gasteiger partial charge in [-0.2, -0.15) is 0 Å². The third kappa shape index (κ3) is 7.16. The number of rotatable bonds is 12. The first-order valence-corrected chi connectivity index (χ1v) is 11.5. The second-order valence-electron chi connectivity index (χ2n) is 8.02. The van der Waals surface area contributed by atoms with Gasteiger partial charge in [0.2, 0.25) is 0 Å². The van der Waals surface area contributed by atoms with Gasteiger partial charge in [-0.1, -0.05) is 75.9 Å². The van der Waals surface area contributed by atoms with Crippen LogP contribution in [0.25, 0.3) is 22.5 Å². The van der Waals surface area contributed by atoms with Crippen molar-refractivity contribution in [1.82, 2.24) is 9.97 Å². The van der Waals surface area contributed by atoms with Crippen molar-refractivity contribution in [3.8, 4) is 28.3 Å². The van der Waals surface area contributed by atoms with Gasteiger partial charge in [-0.3, -0.25) is 0 Å². The average molecular weight is 421 g/mol. The molecule has 0 saturated carbocycles. The van der Waals surface area contributed by atoms with Crippen molar-refractivity contribution in [2.75, 3.05) is 6.61 Å². The van der Waals surface area contributed by atoms with E-state index in [1.807, 2.05) is 36.7 Å². The molecule has 0 aliphatic carbocycles. The van der Waals surface area contributed by atoms with Crippen LogP contribution in [0.1, 0.15) is 57.9 Å². The molecule has 1 aromatic heterocycles. The lowest BCUT2D eigenvalue weighted by molar-refractivity contribution is 0.184. The lowest BCUT2D eigenvalue weighted by Crippen LogP contribution is -2.12. The molecule has 4 heteroatoms. The van der Waals surface area contributed by atoms with Crippen LogP contribution >= 0.6 is 0 Å². The summed E-state index contributed by atoms with van der Waals surface area (Å²) in [7, 11) is 0. The molecule has 0 fully saturated rings. The monoisotopic (exact) mass is 420 g/mol. The number of nitrogens with zero attached hydrogens (tertiary/aromatic N) is 2. The van der Waals surface area contributed by atoms with Gasteiger partial charge in [-0.15, -0.1) is 0 Å². The molecule has 0 radical (unpaired) electrons. The maximum atomic E-state index is 13.9. The summed E-state index contributed by atoms with van der Waals surface area (Å²) < 4.78 is 19.5. The summed E-state index contributed by atoms with van der Waals surface area (Å²) in [5.74, 6) is 1.41. The topological polar surface area (TPSA) is 35.0 Å². The Labute approximate surface area is 185 Å². The zero-order valence-corrected chi connectivity index (χ0v) is 18.7. The smallest absolute Gasteiger partial charge is 0.159 e. The maximum Gasteiger partial charge on any atom is 0.159 e. The number of ether oxygens (including phenoxy) is 1. The number of alkyl halides is 1. The zero-order chi connectivity index (χ0) is 21.9. The maximum absolute atomic E-state index is 13.9. The van der Waals surface area contributed by atoms with Crippen LogP contribution in [-0.2, 0) is 6.42 Å². The molecule has 1 atom stereocenters. The van der Waals surface area contributed by atoms with Crippen LogP contribution in [0.4, 0.5) is 4.39 Å². The molecule has 0 N–H and O–H groups in total. The predicted molar refractivity (Wildman–Crippen MR) is 126 cm³/mol. The molecule has 0 aliphatic heterocycles. The Balaban J connectivity index is 1.56. The highest BCUT2D eigenvalue weighted by Crippen LogP contribution is 2.24. The summed E-state index contributed by atoms with van der Waals surface area (Å²) in [5.41, 5.74) is 4.33. The molecule has 0 bridgehead atoms. The van der Waals surface area contributed by atoms with Crippen LogP contribution in [-0.4, -0.2) is 22.7 Å².